The Kier molecular flexibility index (Phi) is 6.31. The van der Waals surface area contributed by atoms with E-state index in [1.165, 1.54) is 6.07 Å². The number of nitrogens with two attached hydrogens (primary N) is 1. The van der Waals surface area contributed by atoms with Crippen molar-refractivity contribution in [2.75, 3.05) is 18.4 Å². The molecular formula is C25H22F2N4O3S. The predicted molar refractivity (Wildman–Crippen MR) is 130 cm³/mol. The molecule has 3 N–H and O–H groups in total. The monoisotopic (exact) mass is 496 g/mol. The van der Waals surface area contributed by atoms with E-state index in [4.69, 9.17) is 10.2 Å². The second-order valence-corrected chi connectivity index (χ2v) is 9.31. The van der Waals surface area contributed by atoms with Gasteiger partial charge in [0.1, 0.15) is 21.2 Å². The summed E-state index contributed by atoms with van der Waals surface area (Å²) < 4.78 is 33.0. The topological polar surface area (TPSA) is 101 Å². The van der Waals surface area contributed by atoms with Crippen molar-refractivity contribution in [3.05, 3.63) is 70.6 Å². The fourth-order valence-corrected chi connectivity index (χ4v) is 5.30. The third-order valence-electron chi connectivity index (χ3n) is 5.92. The molecule has 0 aliphatic carbocycles. The number of rotatable bonds is 7. The number of nitrogens with one attached hydrogen (secondary N) is 1. The molecule has 4 heterocycles. The number of anilines is 1. The maximum absolute atomic E-state index is 13.6. The van der Waals surface area contributed by atoms with Crippen molar-refractivity contribution in [1.29, 1.82) is 0 Å². The van der Waals surface area contributed by atoms with Gasteiger partial charge in [-0.05, 0) is 55.3 Å². The number of aromatic nitrogens is 1. The van der Waals surface area contributed by atoms with E-state index in [2.05, 4.69) is 15.2 Å². The molecule has 4 aromatic rings. The summed E-state index contributed by atoms with van der Waals surface area (Å²) in [5.74, 6) is -0.630. The Morgan fingerprint density at radius 2 is 1.89 bits per heavy atom. The van der Waals surface area contributed by atoms with Gasteiger partial charge in [0.05, 0.1) is 12.2 Å². The number of thiophene rings is 1. The van der Waals surface area contributed by atoms with Crippen LogP contribution in [-0.2, 0) is 6.54 Å². The molecule has 1 saturated heterocycles. The van der Waals surface area contributed by atoms with Crippen LogP contribution in [0.25, 0.3) is 21.3 Å². The number of fused-ring (bicyclic) bond motifs is 1. The number of hydrogen-bond acceptors (Lipinski definition) is 6. The highest BCUT2D eigenvalue weighted by Crippen LogP contribution is 2.42. The van der Waals surface area contributed by atoms with Crippen molar-refractivity contribution in [3.63, 3.8) is 0 Å². The van der Waals surface area contributed by atoms with E-state index in [1.54, 1.807) is 42.5 Å². The third-order valence-corrected chi connectivity index (χ3v) is 7.01. The number of amides is 2. The smallest absolute Gasteiger partial charge is 0.291 e. The molecule has 0 unspecified atom stereocenters. The summed E-state index contributed by atoms with van der Waals surface area (Å²) >= 11 is 0.865. The summed E-state index contributed by atoms with van der Waals surface area (Å²) in [7, 11) is 0. The molecule has 3 aromatic heterocycles. The molecule has 0 bridgehead atoms. The van der Waals surface area contributed by atoms with Gasteiger partial charge in [-0.2, -0.15) is 0 Å². The zero-order valence-electron chi connectivity index (χ0n) is 18.6. The van der Waals surface area contributed by atoms with E-state index in [9.17, 15) is 18.4 Å². The maximum Gasteiger partial charge on any atom is 0.291 e. The zero-order valence-corrected chi connectivity index (χ0v) is 19.4. The van der Waals surface area contributed by atoms with Gasteiger partial charge in [-0.1, -0.05) is 30.3 Å². The van der Waals surface area contributed by atoms with Gasteiger partial charge in [0.25, 0.3) is 18.2 Å². The minimum atomic E-state index is -2.81. The van der Waals surface area contributed by atoms with E-state index < -0.39 is 23.9 Å². The Bertz CT molecular complexity index is 1390. The Balaban J connectivity index is 1.56. The number of carbonyl (C=O) groups excluding carboxylic acids is 2. The van der Waals surface area contributed by atoms with Crippen LogP contribution in [0.1, 0.15) is 50.9 Å². The van der Waals surface area contributed by atoms with Crippen LogP contribution in [0.4, 0.5) is 14.5 Å². The number of benzene rings is 1. The number of furan rings is 1. The molecule has 0 atom stereocenters. The number of likely N-dealkylation sites (tertiary alicyclic amines) is 1. The minimum Gasteiger partial charge on any atom is -0.455 e. The molecule has 2 amide bonds. The molecule has 0 radical (unpaired) electrons. The first-order chi connectivity index (χ1) is 16.9. The fourth-order valence-electron chi connectivity index (χ4n) is 4.29. The number of nitrogens with zero attached hydrogens (tertiary/aromatic N) is 2. The predicted octanol–water partition coefficient (Wildman–Crippen LogP) is 5.44. The standard InChI is InChI=1S/C25H22F2N4O3S/c26-22(27)17-12-16(14-6-2-1-3-7-14)19-20(21(23(28)32)35-25(19)29-17)30-24(33)18-9-8-15(34-18)13-31-10-4-5-11-31/h1-3,6-9,12,22H,4-5,10-11,13H2,(H2,28,32)(H,30,33). The Morgan fingerprint density at radius 3 is 2.57 bits per heavy atom. The average molecular weight is 497 g/mol. The van der Waals surface area contributed by atoms with Crippen LogP contribution in [0.15, 0.2) is 52.9 Å². The number of carbonyl (C=O) groups is 2. The quantitative estimate of drug-likeness (QED) is 0.355. The van der Waals surface area contributed by atoms with Crippen molar-refractivity contribution in [3.8, 4) is 11.1 Å². The number of halogens is 2. The number of alkyl halides is 2. The summed E-state index contributed by atoms with van der Waals surface area (Å²) in [6.07, 6.45) is -0.531. The van der Waals surface area contributed by atoms with Gasteiger partial charge in [0, 0.05) is 5.39 Å². The summed E-state index contributed by atoms with van der Waals surface area (Å²) in [6, 6.07) is 13.5. The number of pyridine rings is 1. The molecule has 7 nitrogen and oxygen atoms in total. The SMILES string of the molecule is NC(=O)c1sc2nc(C(F)F)cc(-c3ccccc3)c2c1NC(=O)c1ccc(CN2CCCC2)o1. The number of primary amides is 1. The lowest BCUT2D eigenvalue weighted by Gasteiger charge is -2.12. The highest BCUT2D eigenvalue weighted by Gasteiger charge is 2.26. The Hall–Kier alpha value is -3.63. The van der Waals surface area contributed by atoms with Gasteiger partial charge in [0.15, 0.2) is 5.76 Å². The van der Waals surface area contributed by atoms with E-state index in [0.29, 0.717) is 28.8 Å². The maximum atomic E-state index is 13.6. The van der Waals surface area contributed by atoms with E-state index in [-0.39, 0.29) is 21.2 Å². The molecule has 5 rings (SSSR count). The van der Waals surface area contributed by atoms with Crippen molar-refractivity contribution in [1.82, 2.24) is 9.88 Å². The highest BCUT2D eigenvalue weighted by molar-refractivity contribution is 7.21. The molecule has 180 valence electrons. The number of hydrogen-bond donors (Lipinski definition) is 2. The van der Waals surface area contributed by atoms with Crippen LogP contribution in [0.5, 0.6) is 0 Å². The zero-order chi connectivity index (χ0) is 24.5. The average Bonchev–Trinajstić information content (AvgIpc) is 3.60. The molecule has 0 spiro atoms. The van der Waals surface area contributed by atoms with Crippen molar-refractivity contribution >= 4 is 39.1 Å². The first-order valence-electron chi connectivity index (χ1n) is 11.1. The van der Waals surface area contributed by atoms with E-state index in [1.807, 2.05) is 0 Å². The first-order valence-corrected chi connectivity index (χ1v) is 12.0. The molecule has 1 aliphatic rings. The summed E-state index contributed by atoms with van der Waals surface area (Å²) in [6.45, 7) is 2.58. The molecule has 1 fully saturated rings. The van der Waals surface area contributed by atoms with Crippen molar-refractivity contribution < 1.29 is 22.8 Å². The van der Waals surface area contributed by atoms with Crippen LogP contribution in [0, 0.1) is 0 Å². The van der Waals surface area contributed by atoms with E-state index >= 15 is 0 Å². The second-order valence-electron chi connectivity index (χ2n) is 8.32. The molecule has 1 aliphatic heterocycles. The van der Waals surface area contributed by atoms with Crippen LogP contribution in [0.2, 0.25) is 0 Å². The van der Waals surface area contributed by atoms with Gasteiger partial charge < -0.3 is 15.5 Å². The van der Waals surface area contributed by atoms with Gasteiger partial charge in [-0.15, -0.1) is 11.3 Å². The lowest BCUT2D eigenvalue weighted by molar-refractivity contribution is 0.0993. The molecule has 1 aromatic carbocycles. The highest BCUT2D eigenvalue weighted by atomic mass is 32.1. The Morgan fingerprint density at radius 1 is 1.14 bits per heavy atom. The third kappa shape index (κ3) is 4.67. The van der Waals surface area contributed by atoms with Gasteiger partial charge in [0.2, 0.25) is 0 Å². The summed E-state index contributed by atoms with van der Waals surface area (Å²) in [5, 5.41) is 3.10. The molecule has 35 heavy (non-hydrogen) atoms. The van der Waals surface area contributed by atoms with Crippen molar-refractivity contribution in [2.45, 2.75) is 25.8 Å². The van der Waals surface area contributed by atoms with Gasteiger partial charge >= 0.3 is 0 Å². The molecule has 10 heteroatoms. The molecular weight excluding hydrogens is 474 g/mol. The largest absolute Gasteiger partial charge is 0.455 e. The van der Waals surface area contributed by atoms with Gasteiger partial charge in [-0.25, -0.2) is 13.8 Å². The first kappa shape index (κ1) is 23.1. The lowest BCUT2D eigenvalue weighted by atomic mass is 10.0. The fraction of sp³-hybridized carbons (Fsp3) is 0.240. The summed E-state index contributed by atoms with van der Waals surface area (Å²) in [4.78, 5) is 31.8. The second kappa shape index (κ2) is 9.55. The van der Waals surface area contributed by atoms with Crippen LogP contribution >= 0.6 is 11.3 Å². The van der Waals surface area contributed by atoms with Crippen molar-refractivity contribution in [2.24, 2.45) is 5.73 Å². The normalized spacial score (nSPS) is 14.1. The van der Waals surface area contributed by atoms with Crippen LogP contribution < -0.4 is 11.1 Å². The lowest BCUT2D eigenvalue weighted by Crippen LogP contribution is -2.18. The minimum absolute atomic E-state index is 0.0216. The van der Waals surface area contributed by atoms with Crippen LogP contribution in [-0.4, -0.2) is 34.8 Å². The summed E-state index contributed by atoms with van der Waals surface area (Å²) in [5.41, 5.74) is 6.35. The van der Waals surface area contributed by atoms with Gasteiger partial charge in [-0.3, -0.25) is 14.5 Å². The molecule has 0 saturated carbocycles. The Labute approximate surface area is 203 Å². The van der Waals surface area contributed by atoms with Crippen LogP contribution in [0.3, 0.4) is 0 Å². The van der Waals surface area contributed by atoms with E-state index in [0.717, 1.165) is 37.3 Å².